The number of carbonyl (C=O) groups excluding carboxylic acids is 4. The van der Waals surface area contributed by atoms with Gasteiger partial charge in [0, 0.05) is 30.1 Å². The molecule has 1 unspecified atom stereocenters. The van der Waals surface area contributed by atoms with E-state index in [1.807, 2.05) is 0 Å². The molecule has 8 heteroatoms. The summed E-state index contributed by atoms with van der Waals surface area (Å²) in [5, 5.41) is 8.80. The first-order valence-electron chi connectivity index (χ1n) is 8.01. The molecule has 0 saturated heterocycles. The van der Waals surface area contributed by atoms with Crippen LogP contribution in [0.15, 0.2) is 47.9 Å². The van der Waals surface area contributed by atoms with Crippen LogP contribution >= 0.6 is 0 Å². The molecule has 1 atom stereocenters. The predicted octanol–water partition coefficient (Wildman–Crippen LogP) is 0.0544. The second-order valence-electron chi connectivity index (χ2n) is 5.85. The van der Waals surface area contributed by atoms with Crippen LogP contribution < -0.4 is 5.73 Å². The Morgan fingerprint density at radius 3 is 1.81 bits per heavy atom. The normalized spacial score (nSPS) is 17.9. The summed E-state index contributed by atoms with van der Waals surface area (Å²) in [5.41, 5.74) is 6.29. The van der Waals surface area contributed by atoms with Crippen molar-refractivity contribution in [3.8, 4) is 0 Å². The van der Waals surface area contributed by atoms with Crippen molar-refractivity contribution >= 4 is 29.1 Å². The molecular weight excluding hydrogens is 340 g/mol. The van der Waals surface area contributed by atoms with Gasteiger partial charge in [-0.15, -0.1) is 0 Å². The molecule has 3 N–H and O–H groups in total. The maximum absolute atomic E-state index is 11.7. The van der Waals surface area contributed by atoms with E-state index < -0.39 is 35.1 Å². The summed E-state index contributed by atoms with van der Waals surface area (Å²) in [6.07, 6.45) is 8.86. The van der Waals surface area contributed by atoms with Crippen molar-refractivity contribution in [3.63, 3.8) is 0 Å². The molecule has 0 fully saturated rings. The van der Waals surface area contributed by atoms with Crippen molar-refractivity contribution < 1.29 is 29.1 Å². The molecule has 0 aromatic rings. The first kappa shape index (κ1) is 19.2. The minimum Gasteiger partial charge on any atom is -0.480 e. The lowest BCUT2D eigenvalue weighted by molar-refractivity contribution is -0.138. The smallest absolute Gasteiger partial charge is 0.320 e. The molecule has 0 radical (unpaired) electrons. The van der Waals surface area contributed by atoms with Crippen molar-refractivity contribution in [1.82, 2.24) is 4.90 Å². The number of hydrogen-bond acceptors (Lipinski definition) is 7. The zero-order valence-electron chi connectivity index (χ0n) is 13.9. The van der Waals surface area contributed by atoms with Gasteiger partial charge in [-0.2, -0.15) is 0 Å². The molecular formula is C18H18N2O6. The van der Waals surface area contributed by atoms with Gasteiger partial charge in [0.25, 0.3) is 0 Å². The highest BCUT2D eigenvalue weighted by Crippen LogP contribution is 2.21. The van der Waals surface area contributed by atoms with Crippen molar-refractivity contribution in [2.75, 3.05) is 6.54 Å². The third-order valence-corrected chi connectivity index (χ3v) is 3.94. The monoisotopic (exact) mass is 358 g/mol. The second kappa shape index (κ2) is 8.30. The quantitative estimate of drug-likeness (QED) is 0.353. The van der Waals surface area contributed by atoms with Gasteiger partial charge in [-0.25, -0.2) is 0 Å². The average molecular weight is 358 g/mol. The molecule has 0 aromatic heterocycles. The number of hydrogen-bond donors (Lipinski definition) is 2. The summed E-state index contributed by atoms with van der Waals surface area (Å²) in [7, 11) is 0. The summed E-state index contributed by atoms with van der Waals surface area (Å²) in [6, 6.07) is -0.954. The Labute approximate surface area is 149 Å². The molecule has 26 heavy (non-hydrogen) atoms. The Bertz CT molecular complexity index is 736. The Morgan fingerprint density at radius 2 is 1.38 bits per heavy atom. The van der Waals surface area contributed by atoms with Crippen LogP contribution in [0.5, 0.6) is 0 Å². The van der Waals surface area contributed by atoms with Gasteiger partial charge < -0.3 is 15.7 Å². The molecule has 0 amide bonds. The number of carboxylic acid groups (broad SMARTS) is 1. The molecule has 0 aliphatic heterocycles. The van der Waals surface area contributed by atoms with E-state index in [1.54, 1.807) is 4.90 Å². The fourth-order valence-corrected chi connectivity index (χ4v) is 2.49. The van der Waals surface area contributed by atoms with Gasteiger partial charge >= 0.3 is 5.97 Å². The van der Waals surface area contributed by atoms with Crippen LogP contribution in [0.2, 0.25) is 0 Å². The van der Waals surface area contributed by atoms with Crippen LogP contribution in [-0.4, -0.2) is 51.7 Å². The van der Waals surface area contributed by atoms with Crippen LogP contribution in [0.3, 0.4) is 0 Å². The highest BCUT2D eigenvalue weighted by molar-refractivity contribution is 6.47. The fourth-order valence-electron chi connectivity index (χ4n) is 2.49. The number of nitrogens with two attached hydrogens (primary N) is 1. The van der Waals surface area contributed by atoms with Crippen LogP contribution in [0.1, 0.15) is 19.3 Å². The van der Waals surface area contributed by atoms with Gasteiger partial charge in [0.05, 0.1) is 0 Å². The lowest BCUT2D eigenvalue weighted by atomic mass is 10.0. The van der Waals surface area contributed by atoms with E-state index in [0.717, 1.165) is 12.2 Å². The molecule has 2 aliphatic carbocycles. The molecule has 0 heterocycles. The van der Waals surface area contributed by atoms with E-state index >= 15 is 0 Å². The third kappa shape index (κ3) is 4.70. The largest absolute Gasteiger partial charge is 0.480 e. The summed E-state index contributed by atoms with van der Waals surface area (Å²) < 4.78 is 0. The Morgan fingerprint density at radius 1 is 0.885 bits per heavy atom. The van der Waals surface area contributed by atoms with Crippen LogP contribution in [0.4, 0.5) is 0 Å². The predicted molar refractivity (Wildman–Crippen MR) is 90.6 cm³/mol. The molecule has 0 saturated carbocycles. The number of carboxylic acids is 1. The van der Waals surface area contributed by atoms with E-state index in [4.69, 9.17) is 10.8 Å². The van der Waals surface area contributed by atoms with E-state index in [2.05, 4.69) is 0 Å². The van der Waals surface area contributed by atoms with Crippen molar-refractivity contribution in [3.05, 3.63) is 47.9 Å². The minimum atomic E-state index is -1.08. The molecule has 2 rings (SSSR count). The number of rotatable bonds is 8. The number of aliphatic carboxylic acids is 1. The summed E-state index contributed by atoms with van der Waals surface area (Å²) in [4.78, 5) is 58.4. The van der Waals surface area contributed by atoms with Gasteiger partial charge in [0.15, 0.2) is 0 Å². The highest BCUT2D eigenvalue weighted by atomic mass is 16.4. The lowest BCUT2D eigenvalue weighted by Crippen LogP contribution is -2.31. The molecule has 8 nitrogen and oxygen atoms in total. The number of carbonyl (C=O) groups is 5. The summed E-state index contributed by atoms with van der Waals surface area (Å²) in [6.45, 7) is 0.349. The SMILES string of the molecule is NC(CCCCN(C1=CC(=O)C(=O)C=C1)C1=CC(=O)C(=O)C=C1)C(=O)O. The van der Waals surface area contributed by atoms with Gasteiger partial charge in [0.1, 0.15) is 6.04 Å². The fraction of sp³-hybridized carbons (Fsp3) is 0.278. The minimum absolute atomic E-state index is 0.280. The third-order valence-electron chi connectivity index (χ3n) is 3.94. The number of nitrogens with zero attached hydrogens (tertiary/aromatic N) is 1. The first-order valence-corrected chi connectivity index (χ1v) is 8.01. The lowest BCUT2D eigenvalue weighted by Gasteiger charge is -2.28. The van der Waals surface area contributed by atoms with Gasteiger partial charge in [-0.1, -0.05) is 0 Å². The molecule has 2 aliphatic rings. The van der Waals surface area contributed by atoms with Gasteiger partial charge in [-0.05, 0) is 43.6 Å². The maximum Gasteiger partial charge on any atom is 0.320 e. The van der Waals surface area contributed by atoms with Crippen molar-refractivity contribution in [1.29, 1.82) is 0 Å². The van der Waals surface area contributed by atoms with E-state index in [-0.39, 0.29) is 6.42 Å². The molecule has 136 valence electrons. The van der Waals surface area contributed by atoms with Crippen LogP contribution in [0, 0.1) is 0 Å². The molecule has 0 aromatic carbocycles. The Balaban J connectivity index is 2.14. The average Bonchev–Trinajstić information content (AvgIpc) is 2.60. The first-order chi connectivity index (χ1) is 12.3. The zero-order chi connectivity index (χ0) is 19.3. The number of allylic oxidation sites excluding steroid dienone is 6. The summed E-state index contributed by atoms with van der Waals surface area (Å²) >= 11 is 0. The van der Waals surface area contributed by atoms with Crippen molar-refractivity contribution in [2.24, 2.45) is 5.73 Å². The van der Waals surface area contributed by atoms with Crippen molar-refractivity contribution in [2.45, 2.75) is 25.3 Å². The topological polar surface area (TPSA) is 135 Å². The zero-order valence-corrected chi connectivity index (χ0v) is 13.9. The molecule has 0 spiro atoms. The standard InChI is InChI=1S/C18H18N2O6/c19-13(18(25)26)3-1-2-8-20(11-4-6-14(21)16(23)9-11)12-5-7-15(22)17(24)10-12/h4-7,9-10,13H,1-3,8,19H2,(H,25,26). The molecule has 0 bridgehead atoms. The maximum atomic E-state index is 11.7. The van der Waals surface area contributed by atoms with Gasteiger partial charge in [0.2, 0.25) is 23.1 Å². The Hall–Kier alpha value is -3.13. The summed E-state index contributed by atoms with van der Waals surface area (Å²) in [5.74, 6) is -3.71. The van der Waals surface area contributed by atoms with E-state index in [1.165, 1.54) is 24.3 Å². The number of ketones is 4. The van der Waals surface area contributed by atoms with Crippen LogP contribution in [-0.2, 0) is 24.0 Å². The van der Waals surface area contributed by atoms with Gasteiger partial charge in [-0.3, -0.25) is 24.0 Å². The van der Waals surface area contributed by atoms with E-state index in [9.17, 15) is 24.0 Å². The number of unbranched alkanes of at least 4 members (excludes halogenated alkanes) is 1. The van der Waals surface area contributed by atoms with E-state index in [0.29, 0.717) is 30.8 Å². The highest BCUT2D eigenvalue weighted by Gasteiger charge is 2.22. The van der Waals surface area contributed by atoms with Crippen LogP contribution in [0.25, 0.3) is 0 Å². The second-order valence-corrected chi connectivity index (χ2v) is 5.85. The Kier molecular flexibility index (Phi) is 6.13.